The van der Waals surface area contributed by atoms with Gasteiger partial charge in [-0.25, -0.2) is 4.98 Å². The van der Waals surface area contributed by atoms with Gasteiger partial charge in [0, 0.05) is 54.0 Å². The Hall–Kier alpha value is -1.91. The lowest BCUT2D eigenvalue weighted by Gasteiger charge is -2.38. The summed E-state index contributed by atoms with van der Waals surface area (Å²) in [6.45, 7) is 2.61. The van der Waals surface area contributed by atoms with E-state index in [0.29, 0.717) is 22.8 Å². The molecule has 0 unspecified atom stereocenters. The first-order valence-corrected chi connectivity index (χ1v) is 14.0. The highest BCUT2D eigenvalue weighted by molar-refractivity contribution is 8.01. The van der Waals surface area contributed by atoms with Crippen molar-refractivity contribution in [2.75, 3.05) is 32.5 Å². The SMILES string of the molecule is COc1ccc2ncc(Cl)c([C@@H](O)CC[C@@H]3CCN(CCSc4nccs4)C[C@@H]3CC(=O)O)c2c1. The molecule has 1 aliphatic rings. The van der Waals surface area contributed by atoms with Gasteiger partial charge in [0.2, 0.25) is 0 Å². The van der Waals surface area contributed by atoms with Gasteiger partial charge in [-0.2, -0.15) is 0 Å². The zero-order chi connectivity index (χ0) is 24.8. The van der Waals surface area contributed by atoms with Crippen LogP contribution in [-0.2, 0) is 4.79 Å². The Morgan fingerprint density at radius 2 is 2.23 bits per heavy atom. The number of aliphatic carboxylic acids is 1. The first-order valence-electron chi connectivity index (χ1n) is 11.7. The number of likely N-dealkylation sites (tertiary alicyclic amines) is 1. The number of methoxy groups -OCH3 is 1. The average molecular weight is 536 g/mol. The molecule has 0 radical (unpaired) electrons. The Morgan fingerprint density at radius 3 is 2.97 bits per heavy atom. The van der Waals surface area contributed by atoms with Gasteiger partial charge in [0.05, 0.1) is 23.8 Å². The second kappa shape index (κ2) is 12.4. The van der Waals surface area contributed by atoms with Crippen LogP contribution < -0.4 is 4.74 Å². The summed E-state index contributed by atoms with van der Waals surface area (Å²) in [5.74, 6) is 1.15. The van der Waals surface area contributed by atoms with Crippen molar-refractivity contribution in [2.24, 2.45) is 11.8 Å². The summed E-state index contributed by atoms with van der Waals surface area (Å²) in [5, 5.41) is 23.8. The van der Waals surface area contributed by atoms with E-state index < -0.39 is 12.1 Å². The molecule has 7 nitrogen and oxygen atoms in total. The van der Waals surface area contributed by atoms with E-state index in [1.807, 2.05) is 29.8 Å². The molecule has 1 aromatic carbocycles. The van der Waals surface area contributed by atoms with Crippen molar-refractivity contribution in [3.05, 3.63) is 46.6 Å². The number of carboxylic acid groups (broad SMARTS) is 1. The molecule has 0 spiro atoms. The Labute approximate surface area is 218 Å². The summed E-state index contributed by atoms with van der Waals surface area (Å²) < 4.78 is 6.41. The zero-order valence-electron chi connectivity index (χ0n) is 19.6. The number of halogens is 1. The minimum Gasteiger partial charge on any atom is -0.497 e. The van der Waals surface area contributed by atoms with E-state index in [-0.39, 0.29) is 18.3 Å². The number of nitrogens with zero attached hydrogens (tertiary/aromatic N) is 3. The molecule has 4 rings (SSSR count). The number of aliphatic hydroxyl groups excluding tert-OH is 1. The molecule has 1 fully saturated rings. The van der Waals surface area contributed by atoms with Gasteiger partial charge in [0.15, 0.2) is 0 Å². The van der Waals surface area contributed by atoms with Gasteiger partial charge in [-0.05, 0) is 55.8 Å². The topological polar surface area (TPSA) is 95.8 Å². The van der Waals surface area contributed by atoms with E-state index in [1.54, 1.807) is 36.4 Å². The number of hydrogen-bond acceptors (Lipinski definition) is 8. The molecule has 2 N–H and O–H groups in total. The molecule has 188 valence electrons. The smallest absolute Gasteiger partial charge is 0.303 e. The second-order valence-electron chi connectivity index (χ2n) is 8.85. The maximum absolute atomic E-state index is 11.6. The predicted molar refractivity (Wildman–Crippen MR) is 141 cm³/mol. The minimum absolute atomic E-state index is 0.0584. The highest BCUT2D eigenvalue weighted by Crippen LogP contribution is 2.37. The van der Waals surface area contributed by atoms with Gasteiger partial charge in [0.1, 0.15) is 10.1 Å². The number of aromatic nitrogens is 2. The van der Waals surface area contributed by atoms with Crippen molar-refractivity contribution in [3.63, 3.8) is 0 Å². The normalized spacial score (nSPS) is 19.6. The van der Waals surface area contributed by atoms with Gasteiger partial charge in [-0.15, -0.1) is 11.3 Å². The maximum Gasteiger partial charge on any atom is 0.303 e. The second-order valence-corrected chi connectivity index (χ2v) is 11.5. The lowest BCUT2D eigenvalue weighted by atomic mass is 9.79. The summed E-state index contributed by atoms with van der Waals surface area (Å²) in [7, 11) is 1.60. The van der Waals surface area contributed by atoms with Crippen LogP contribution in [0.4, 0.5) is 0 Å². The molecule has 0 aliphatic carbocycles. The Morgan fingerprint density at radius 1 is 1.37 bits per heavy atom. The number of ether oxygens (including phenoxy) is 1. The molecule has 0 bridgehead atoms. The van der Waals surface area contributed by atoms with E-state index in [1.165, 1.54) is 0 Å². The van der Waals surface area contributed by atoms with Gasteiger partial charge in [-0.1, -0.05) is 23.4 Å². The van der Waals surface area contributed by atoms with Crippen LogP contribution in [0.15, 0.2) is 40.3 Å². The first kappa shape index (κ1) is 26.2. The average Bonchev–Trinajstić information content (AvgIpc) is 3.36. The molecule has 1 aliphatic heterocycles. The molecule has 0 saturated carbocycles. The van der Waals surface area contributed by atoms with Crippen molar-refractivity contribution in [1.82, 2.24) is 14.9 Å². The molecule has 1 saturated heterocycles. The van der Waals surface area contributed by atoms with Crippen molar-refractivity contribution >= 4 is 51.6 Å². The van der Waals surface area contributed by atoms with Crippen molar-refractivity contribution in [2.45, 2.75) is 36.1 Å². The Balaban J connectivity index is 1.39. The van der Waals surface area contributed by atoms with E-state index in [0.717, 1.165) is 53.5 Å². The van der Waals surface area contributed by atoms with Crippen LogP contribution in [0.25, 0.3) is 10.9 Å². The first-order chi connectivity index (χ1) is 16.9. The number of rotatable bonds is 11. The number of fused-ring (bicyclic) bond motifs is 1. The number of carbonyl (C=O) groups is 1. The third kappa shape index (κ3) is 6.86. The van der Waals surface area contributed by atoms with Crippen molar-refractivity contribution in [1.29, 1.82) is 0 Å². The monoisotopic (exact) mass is 535 g/mol. The lowest BCUT2D eigenvalue weighted by molar-refractivity contribution is -0.139. The number of carboxylic acids is 1. The summed E-state index contributed by atoms with van der Waals surface area (Å²) in [4.78, 5) is 22.6. The minimum atomic E-state index is -0.769. The largest absolute Gasteiger partial charge is 0.497 e. The quantitative estimate of drug-likeness (QED) is 0.316. The van der Waals surface area contributed by atoms with Crippen LogP contribution >= 0.6 is 34.7 Å². The number of thioether (sulfide) groups is 1. The van der Waals surface area contributed by atoms with Crippen molar-refractivity contribution < 1.29 is 19.7 Å². The fourth-order valence-corrected chi connectivity index (χ4v) is 6.87. The summed E-state index contributed by atoms with van der Waals surface area (Å²) in [6.07, 6.45) is 4.94. The predicted octanol–water partition coefficient (Wildman–Crippen LogP) is 5.37. The molecular formula is C25H30ClN3O4S2. The van der Waals surface area contributed by atoms with Crippen molar-refractivity contribution in [3.8, 4) is 5.75 Å². The summed E-state index contributed by atoms with van der Waals surface area (Å²) in [6, 6.07) is 5.54. The van der Waals surface area contributed by atoms with Crippen LogP contribution in [0.2, 0.25) is 5.02 Å². The highest BCUT2D eigenvalue weighted by Gasteiger charge is 2.31. The summed E-state index contributed by atoms with van der Waals surface area (Å²) in [5.41, 5.74) is 1.40. The van der Waals surface area contributed by atoms with Gasteiger partial charge in [-0.3, -0.25) is 9.78 Å². The zero-order valence-corrected chi connectivity index (χ0v) is 22.0. The van der Waals surface area contributed by atoms with Gasteiger partial charge >= 0.3 is 5.97 Å². The van der Waals surface area contributed by atoms with Crippen LogP contribution in [0.1, 0.15) is 37.4 Å². The molecule has 0 amide bonds. The van der Waals surface area contributed by atoms with Gasteiger partial charge in [0.25, 0.3) is 0 Å². The molecule has 10 heteroatoms. The Bertz CT molecular complexity index is 1130. The number of pyridine rings is 1. The number of benzene rings is 1. The standard InChI is InChI=1S/C25H30ClN3O4S2/c1-33-18-3-4-21-19(13-18)24(20(26)14-28-21)22(30)5-2-16-6-8-29(15-17(16)12-23(31)32)9-11-35-25-27-7-10-34-25/h3-4,7,10,13-14,16-17,22,30H,2,5-6,8-9,11-12,15H2,1H3,(H,31,32)/t16-,17+,22+/m1/s1. The lowest BCUT2D eigenvalue weighted by Crippen LogP contribution is -2.42. The molecule has 2 aromatic heterocycles. The van der Waals surface area contributed by atoms with Crippen LogP contribution in [0.3, 0.4) is 0 Å². The maximum atomic E-state index is 11.6. The van der Waals surface area contributed by atoms with Gasteiger partial charge < -0.3 is 19.8 Å². The third-order valence-corrected chi connectivity index (χ3v) is 8.91. The highest BCUT2D eigenvalue weighted by atomic mass is 35.5. The molecule has 35 heavy (non-hydrogen) atoms. The van der Waals surface area contributed by atoms with E-state index in [2.05, 4.69) is 14.9 Å². The van der Waals surface area contributed by atoms with E-state index in [9.17, 15) is 15.0 Å². The van der Waals surface area contributed by atoms with Crippen LogP contribution in [0.5, 0.6) is 5.75 Å². The van der Waals surface area contributed by atoms with Crippen LogP contribution in [0, 0.1) is 11.8 Å². The fraction of sp³-hybridized carbons (Fsp3) is 0.480. The van der Waals surface area contributed by atoms with Crippen LogP contribution in [-0.4, -0.2) is 63.5 Å². The number of hydrogen-bond donors (Lipinski definition) is 2. The molecule has 3 aromatic rings. The molecular weight excluding hydrogens is 506 g/mol. The Kier molecular flexibility index (Phi) is 9.24. The summed E-state index contributed by atoms with van der Waals surface area (Å²) >= 11 is 9.85. The van der Waals surface area contributed by atoms with E-state index >= 15 is 0 Å². The molecule has 3 atom stereocenters. The third-order valence-electron chi connectivity index (χ3n) is 6.67. The number of piperidine rings is 1. The molecule has 3 heterocycles. The number of thiazole rings is 1. The fourth-order valence-electron chi connectivity index (χ4n) is 4.89. The van der Waals surface area contributed by atoms with E-state index in [4.69, 9.17) is 16.3 Å². The number of aliphatic hydroxyl groups is 1.